The topological polar surface area (TPSA) is 200 Å². The summed E-state index contributed by atoms with van der Waals surface area (Å²) in [5, 5.41) is 8.28. The summed E-state index contributed by atoms with van der Waals surface area (Å²) in [6.07, 6.45) is 6.61. The Balaban J connectivity index is 0.978. The highest BCUT2D eigenvalue weighted by molar-refractivity contribution is 5.91. The molecule has 2 aliphatic carbocycles. The molecule has 1 saturated heterocycles. The van der Waals surface area contributed by atoms with Crippen molar-refractivity contribution in [2.45, 2.75) is 84.3 Å². The molecule has 15 nitrogen and oxygen atoms in total. The number of amides is 4. The number of nitrogens with one attached hydrogen (secondary N) is 5. The molecule has 15 heteroatoms. The highest BCUT2D eigenvalue weighted by Crippen LogP contribution is 2.62. The van der Waals surface area contributed by atoms with Gasteiger partial charge in [-0.2, -0.15) is 0 Å². The van der Waals surface area contributed by atoms with Crippen LogP contribution in [0.3, 0.4) is 0 Å². The number of esters is 1. The lowest BCUT2D eigenvalue weighted by molar-refractivity contribution is -0.148. The number of nitrogens with zero attached hydrogens (tertiary/aromatic N) is 3. The van der Waals surface area contributed by atoms with Crippen molar-refractivity contribution in [2.75, 3.05) is 26.8 Å². The Morgan fingerprint density at radius 2 is 1.33 bits per heavy atom. The lowest BCUT2D eigenvalue weighted by Gasteiger charge is -2.57. The highest BCUT2D eigenvalue weighted by atomic mass is 16.5. The third kappa shape index (κ3) is 8.66. The molecule has 3 heterocycles. The van der Waals surface area contributed by atoms with Crippen molar-refractivity contribution < 1.29 is 33.4 Å². The second-order valence-electron chi connectivity index (χ2n) is 16.8. The number of fused-ring (bicyclic) bond motifs is 1. The van der Waals surface area contributed by atoms with Crippen LogP contribution in [-0.4, -0.2) is 93.5 Å². The molecule has 0 bridgehead atoms. The third-order valence-electron chi connectivity index (χ3n) is 12.4. The number of rotatable bonds is 15. The normalized spacial score (nSPS) is 21.6. The number of hydrogen-bond acceptors (Lipinski definition) is 9. The van der Waals surface area contributed by atoms with E-state index >= 15 is 0 Å². The fraction of sp³-hybridized carbons (Fsp3) is 0.489. The van der Waals surface area contributed by atoms with Crippen LogP contribution in [0.4, 0.5) is 4.79 Å². The molecule has 7 rings (SSSR count). The minimum absolute atomic E-state index is 0.0659. The van der Waals surface area contributed by atoms with E-state index in [1.807, 2.05) is 46.0 Å². The Morgan fingerprint density at radius 1 is 0.767 bits per heavy atom. The van der Waals surface area contributed by atoms with Crippen molar-refractivity contribution in [1.29, 1.82) is 0 Å². The van der Waals surface area contributed by atoms with E-state index in [-0.39, 0.29) is 60.6 Å². The van der Waals surface area contributed by atoms with Gasteiger partial charge in [0.05, 0.1) is 49.5 Å². The van der Waals surface area contributed by atoms with Crippen molar-refractivity contribution in [3.63, 3.8) is 0 Å². The number of carbonyl (C=O) groups excluding carboxylic acids is 5. The molecule has 5 N–H and O–H groups in total. The second-order valence-corrected chi connectivity index (χ2v) is 16.8. The number of imidazole rings is 2. The quantitative estimate of drug-likeness (QED) is 0.0929. The first kappa shape index (κ1) is 42.1. The van der Waals surface area contributed by atoms with Crippen LogP contribution in [0.1, 0.15) is 83.9 Å². The summed E-state index contributed by atoms with van der Waals surface area (Å²) in [6.45, 7) is 9.80. The van der Waals surface area contributed by atoms with Crippen molar-refractivity contribution in [3.05, 3.63) is 72.6 Å². The molecular weight excluding hydrogens is 765 g/mol. The molecule has 2 aromatic carbocycles. The lowest BCUT2D eigenvalue weighted by atomic mass is 9.46. The van der Waals surface area contributed by atoms with Gasteiger partial charge in [0, 0.05) is 12.5 Å². The monoisotopic (exact) mass is 820 g/mol. The fourth-order valence-corrected chi connectivity index (χ4v) is 9.01. The van der Waals surface area contributed by atoms with Gasteiger partial charge < -0.3 is 40.3 Å². The van der Waals surface area contributed by atoms with Crippen LogP contribution in [0.15, 0.2) is 60.9 Å². The van der Waals surface area contributed by atoms with Crippen LogP contribution in [0.5, 0.6) is 0 Å². The van der Waals surface area contributed by atoms with Crippen LogP contribution in [0.25, 0.3) is 33.6 Å². The maximum atomic E-state index is 13.7. The van der Waals surface area contributed by atoms with E-state index in [0.29, 0.717) is 12.5 Å². The van der Waals surface area contributed by atoms with Crippen molar-refractivity contribution in [3.8, 4) is 33.6 Å². The first-order valence-electron chi connectivity index (χ1n) is 21.1. The molecule has 1 aliphatic heterocycles. The lowest BCUT2D eigenvalue weighted by Crippen LogP contribution is -2.60. The van der Waals surface area contributed by atoms with Crippen LogP contribution in [0.2, 0.25) is 0 Å². The molecule has 2 saturated carbocycles. The summed E-state index contributed by atoms with van der Waals surface area (Å²) >= 11 is 0. The smallest absolute Gasteiger partial charge is 0.407 e. The maximum absolute atomic E-state index is 13.7. The Hall–Kier alpha value is -5.99. The van der Waals surface area contributed by atoms with Crippen molar-refractivity contribution in [2.24, 2.45) is 29.6 Å². The first-order chi connectivity index (χ1) is 28.9. The van der Waals surface area contributed by atoms with Gasteiger partial charge in [0.2, 0.25) is 17.7 Å². The zero-order chi connectivity index (χ0) is 42.7. The van der Waals surface area contributed by atoms with Crippen LogP contribution in [0, 0.1) is 29.6 Å². The van der Waals surface area contributed by atoms with Crippen molar-refractivity contribution >= 4 is 29.8 Å². The average molecular weight is 821 g/mol. The van der Waals surface area contributed by atoms with Crippen LogP contribution < -0.4 is 16.0 Å². The molecule has 4 amide bonds. The molecule has 318 valence electrons. The number of alkyl carbamates (subject to hydrolysis) is 1. The van der Waals surface area contributed by atoms with Gasteiger partial charge in [-0.3, -0.25) is 19.2 Å². The SMILES string of the molecule is CCOC(=O)CNC(=O)[C@@H](NC(=O)[C@@H]1C2CC[C@@H]2[C@H]1c1ncc(-c2ccc(-c3ccc(-c4cnc([C@@H]5CCCN5C(=O)[C@@H](NC(=O)OC)C(C)C)[nH]4)cc3)cc2)[nH]1)C(C)C. The Labute approximate surface area is 350 Å². The minimum Gasteiger partial charge on any atom is -0.465 e. The first-order valence-corrected chi connectivity index (χ1v) is 21.1. The molecule has 0 radical (unpaired) electrons. The number of benzene rings is 2. The number of hydrogen-bond donors (Lipinski definition) is 5. The summed E-state index contributed by atoms with van der Waals surface area (Å²) in [5.41, 5.74) is 5.76. The molecule has 3 aliphatic rings. The zero-order valence-corrected chi connectivity index (χ0v) is 35.1. The molecule has 4 aromatic rings. The number of carbonyl (C=O) groups is 5. The largest absolute Gasteiger partial charge is 0.465 e. The fourth-order valence-electron chi connectivity index (χ4n) is 9.01. The van der Waals surface area contributed by atoms with E-state index in [9.17, 15) is 24.0 Å². The molecule has 0 spiro atoms. The molecule has 2 aromatic heterocycles. The van der Waals surface area contributed by atoms with E-state index in [2.05, 4.69) is 67.3 Å². The zero-order valence-electron chi connectivity index (χ0n) is 35.1. The summed E-state index contributed by atoms with van der Waals surface area (Å²) in [5.74, 6) is 0.248. The molecular formula is C45H56N8O7. The maximum Gasteiger partial charge on any atom is 0.407 e. The van der Waals surface area contributed by atoms with Gasteiger partial charge in [-0.25, -0.2) is 14.8 Å². The van der Waals surface area contributed by atoms with Gasteiger partial charge in [0.1, 0.15) is 30.3 Å². The van der Waals surface area contributed by atoms with E-state index in [1.165, 1.54) is 7.11 Å². The number of aromatic amines is 2. The standard InChI is InChI=1S/C45H56N8O7/c1-7-60-35(54)23-48-43(56)38(24(2)3)51-42(55)37-31-19-18-30(31)36(37)41-47-22-33(50-41)29-16-12-27(13-17-29)26-10-14-28(15-11-26)32-21-46-40(49-32)34-9-8-20-53(34)44(57)39(25(4)5)52-45(58)59-6/h10-17,21-22,24-25,30-31,34,36-39H,7-9,18-20,23H2,1-6H3,(H,46,49)(H,47,50)(H,48,56)(H,51,55)(H,52,58)/t30-,31?,34-,36+,37+,38-,39-/m0/s1. The van der Waals surface area contributed by atoms with E-state index in [4.69, 9.17) is 14.5 Å². The van der Waals surface area contributed by atoms with Crippen LogP contribution >= 0.6 is 0 Å². The van der Waals surface area contributed by atoms with Gasteiger partial charge in [0.15, 0.2) is 0 Å². The molecule has 1 unspecified atom stereocenters. The Morgan fingerprint density at radius 3 is 1.88 bits per heavy atom. The van der Waals surface area contributed by atoms with Gasteiger partial charge in [-0.05, 0) is 78.5 Å². The molecule has 7 atom stereocenters. The average Bonchev–Trinajstić information content (AvgIpc) is 4.03. The van der Waals surface area contributed by atoms with Gasteiger partial charge in [-0.1, -0.05) is 76.2 Å². The van der Waals surface area contributed by atoms with Gasteiger partial charge in [-0.15, -0.1) is 0 Å². The summed E-state index contributed by atoms with van der Waals surface area (Å²) in [6, 6.07) is 14.8. The van der Waals surface area contributed by atoms with E-state index in [0.717, 1.165) is 71.0 Å². The number of ether oxygens (including phenoxy) is 2. The number of likely N-dealkylation sites (tertiary alicyclic amines) is 1. The number of H-pyrrole nitrogens is 2. The second kappa shape index (κ2) is 18.1. The van der Waals surface area contributed by atoms with Gasteiger partial charge in [0.25, 0.3) is 0 Å². The highest BCUT2D eigenvalue weighted by Gasteiger charge is 2.60. The molecule has 60 heavy (non-hydrogen) atoms. The Kier molecular flexibility index (Phi) is 12.7. The number of methoxy groups -OCH3 is 1. The third-order valence-corrected chi connectivity index (χ3v) is 12.4. The predicted octanol–water partition coefficient (Wildman–Crippen LogP) is 5.74. The Bertz CT molecular complexity index is 2180. The van der Waals surface area contributed by atoms with E-state index < -0.39 is 30.1 Å². The summed E-state index contributed by atoms with van der Waals surface area (Å²) in [4.78, 5) is 82.2. The minimum atomic E-state index is -0.776. The van der Waals surface area contributed by atoms with Gasteiger partial charge >= 0.3 is 12.1 Å². The molecule has 3 fully saturated rings. The van der Waals surface area contributed by atoms with Crippen molar-refractivity contribution in [1.82, 2.24) is 40.8 Å². The van der Waals surface area contributed by atoms with E-state index in [1.54, 1.807) is 18.0 Å². The number of aromatic nitrogens is 4. The van der Waals surface area contributed by atoms with Crippen LogP contribution in [-0.2, 0) is 28.7 Å². The summed E-state index contributed by atoms with van der Waals surface area (Å²) < 4.78 is 9.68. The summed E-state index contributed by atoms with van der Waals surface area (Å²) in [7, 11) is 1.29. The predicted molar refractivity (Wildman–Crippen MR) is 224 cm³/mol.